The van der Waals surface area contributed by atoms with E-state index < -0.39 is 0 Å². The van der Waals surface area contributed by atoms with Gasteiger partial charge in [-0.2, -0.15) is 0 Å². The highest BCUT2D eigenvalue weighted by molar-refractivity contribution is 7.12. The molecule has 23 heavy (non-hydrogen) atoms. The average molecular weight is 345 g/mol. The second-order valence-electron chi connectivity index (χ2n) is 5.37. The van der Waals surface area contributed by atoms with Gasteiger partial charge in [0.25, 0.3) is 0 Å². The van der Waals surface area contributed by atoms with Crippen molar-refractivity contribution in [1.82, 2.24) is 15.0 Å². The van der Waals surface area contributed by atoms with Crippen molar-refractivity contribution in [3.8, 4) is 11.3 Å². The quantitative estimate of drug-likeness (QED) is 0.720. The molecule has 0 saturated heterocycles. The van der Waals surface area contributed by atoms with Crippen molar-refractivity contribution in [3.63, 3.8) is 0 Å². The van der Waals surface area contributed by atoms with Gasteiger partial charge in [-0.05, 0) is 32.9 Å². The van der Waals surface area contributed by atoms with Gasteiger partial charge in [0, 0.05) is 27.2 Å². The Labute approximate surface area is 144 Å². The lowest BCUT2D eigenvalue weighted by Gasteiger charge is -2.11. The molecule has 0 aliphatic carbocycles. The van der Waals surface area contributed by atoms with Crippen LogP contribution < -0.4 is 5.32 Å². The Morgan fingerprint density at radius 1 is 1.13 bits per heavy atom. The summed E-state index contributed by atoms with van der Waals surface area (Å²) in [7, 11) is 0. The van der Waals surface area contributed by atoms with Gasteiger partial charge in [0.2, 0.25) is 0 Å². The Hall–Kier alpha value is -1.98. The van der Waals surface area contributed by atoms with E-state index >= 15 is 0 Å². The number of hydrogen-bond acceptors (Lipinski definition) is 5. The van der Waals surface area contributed by atoms with E-state index in [4.69, 9.17) is 16.6 Å². The molecule has 4 nitrogen and oxygen atoms in total. The Bertz CT molecular complexity index is 814. The van der Waals surface area contributed by atoms with Crippen molar-refractivity contribution < 1.29 is 0 Å². The number of benzene rings is 1. The first-order valence-corrected chi connectivity index (χ1v) is 8.51. The molecule has 2 aromatic heterocycles. The van der Waals surface area contributed by atoms with E-state index in [9.17, 15) is 0 Å². The summed E-state index contributed by atoms with van der Waals surface area (Å²) in [4.78, 5) is 14.3. The summed E-state index contributed by atoms with van der Waals surface area (Å²) in [5, 5.41) is 5.14. The molecule has 3 aromatic rings. The van der Waals surface area contributed by atoms with Crippen LogP contribution in [0.15, 0.2) is 36.7 Å². The Kier molecular flexibility index (Phi) is 4.59. The normalized spacial score (nSPS) is 12.2. The number of aryl methyl sites for hydroxylation is 2. The number of halogens is 1. The zero-order valence-corrected chi connectivity index (χ0v) is 14.7. The van der Waals surface area contributed by atoms with Gasteiger partial charge in [-0.3, -0.25) is 0 Å². The molecule has 0 fully saturated rings. The maximum Gasteiger partial charge on any atom is 0.130 e. The lowest BCUT2D eigenvalue weighted by Crippen LogP contribution is -2.08. The van der Waals surface area contributed by atoms with Gasteiger partial charge in [0.15, 0.2) is 0 Å². The number of aromatic nitrogens is 3. The first kappa shape index (κ1) is 15.9. The fraction of sp³-hybridized carbons (Fsp3) is 0.235. The first-order chi connectivity index (χ1) is 11.0. The van der Waals surface area contributed by atoms with Gasteiger partial charge < -0.3 is 5.32 Å². The molecule has 6 heteroatoms. The van der Waals surface area contributed by atoms with Crippen molar-refractivity contribution in [3.05, 3.63) is 57.3 Å². The molecule has 0 aliphatic rings. The zero-order valence-electron chi connectivity index (χ0n) is 13.2. The summed E-state index contributed by atoms with van der Waals surface area (Å²) in [6.45, 7) is 6.12. The molecule has 118 valence electrons. The van der Waals surface area contributed by atoms with Crippen LogP contribution in [0.3, 0.4) is 0 Å². The van der Waals surface area contributed by atoms with Crippen molar-refractivity contribution in [2.75, 3.05) is 5.32 Å². The smallest absolute Gasteiger partial charge is 0.130 e. The lowest BCUT2D eigenvalue weighted by molar-refractivity contribution is 0.858. The molecule has 0 amide bonds. The minimum Gasteiger partial charge on any atom is -0.361 e. The molecule has 1 aromatic carbocycles. The van der Waals surface area contributed by atoms with Crippen LogP contribution in [-0.4, -0.2) is 15.0 Å². The van der Waals surface area contributed by atoms with E-state index in [-0.39, 0.29) is 6.04 Å². The summed E-state index contributed by atoms with van der Waals surface area (Å²) in [6, 6.07) is 9.78. The van der Waals surface area contributed by atoms with Gasteiger partial charge in [-0.15, -0.1) is 11.3 Å². The topological polar surface area (TPSA) is 50.7 Å². The molecular formula is C17H17ClN4S. The summed E-state index contributed by atoms with van der Waals surface area (Å²) < 4.78 is 0. The summed E-state index contributed by atoms with van der Waals surface area (Å²) in [6.07, 6.45) is 1.57. The fourth-order valence-corrected chi connectivity index (χ4v) is 3.37. The van der Waals surface area contributed by atoms with Crippen LogP contribution in [0.1, 0.15) is 28.5 Å². The summed E-state index contributed by atoms with van der Waals surface area (Å²) >= 11 is 7.65. The highest BCUT2D eigenvalue weighted by Crippen LogP contribution is 2.32. The molecule has 1 unspecified atom stereocenters. The van der Waals surface area contributed by atoms with E-state index in [1.54, 1.807) is 17.7 Å². The van der Waals surface area contributed by atoms with E-state index in [0.717, 1.165) is 32.8 Å². The third-order valence-corrected chi connectivity index (χ3v) is 4.87. The van der Waals surface area contributed by atoms with Gasteiger partial charge in [0.1, 0.15) is 17.2 Å². The maximum atomic E-state index is 5.96. The van der Waals surface area contributed by atoms with E-state index in [2.05, 4.69) is 29.1 Å². The third-order valence-electron chi connectivity index (χ3n) is 3.47. The molecule has 1 N–H and O–H groups in total. The van der Waals surface area contributed by atoms with Gasteiger partial charge in [0.05, 0.1) is 11.7 Å². The van der Waals surface area contributed by atoms with Crippen molar-refractivity contribution in [2.24, 2.45) is 0 Å². The number of hydrogen-bond donors (Lipinski definition) is 1. The molecular weight excluding hydrogens is 328 g/mol. The molecule has 0 aliphatic heterocycles. The van der Waals surface area contributed by atoms with Crippen LogP contribution >= 0.6 is 22.9 Å². The standard InChI is InChI=1S/C17H17ClN4S/c1-10-8-15(20-9-19-10)21-11(2)17-22-16(12(3)23-17)13-4-6-14(18)7-5-13/h4-9,11H,1-3H3,(H,19,20,21). The fourth-order valence-electron chi connectivity index (χ4n) is 2.29. The van der Waals surface area contributed by atoms with Crippen molar-refractivity contribution in [1.29, 1.82) is 0 Å². The number of nitrogens with one attached hydrogen (secondary N) is 1. The van der Waals surface area contributed by atoms with E-state index in [1.165, 1.54) is 4.88 Å². The van der Waals surface area contributed by atoms with Gasteiger partial charge >= 0.3 is 0 Å². The van der Waals surface area contributed by atoms with E-state index in [1.807, 2.05) is 37.3 Å². The lowest BCUT2D eigenvalue weighted by atomic mass is 10.1. The van der Waals surface area contributed by atoms with Crippen LogP contribution in [0.5, 0.6) is 0 Å². The van der Waals surface area contributed by atoms with Crippen LogP contribution in [0.2, 0.25) is 5.02 Å². The first-order valence-electron chi connectivity index (χ1n) is 7.31. The second-order valence-corrected chi connectivity index (χ2v) is 7.05. The minimum atomic E-state index is 0.0778. The van der Waals surface area contributed by atoms with E-state index in [0.29, 0.717) is 0 Å². The van der Waals surface area contributed by atoms with Crippen molar-refractivity contribution >= 4 is 28.8 Å². The zero-order chi connectivity index (χ0) is 16.4. The maximum absolute atomic E-state index is 5.96. The third kappa shape index (κ3) is 3.68. The van der Waals surface area contributed by atoms with Crippen LogP contribution in [0.25, 0.3) is 11.3 Å². The molecule has 3 rings (SSSR count). The molecule has 1 atom stereocenters. The van der Waals surface area contributed by atoms with Gasteiger partial charge in [-0.25, -0.2) is 15.0 Å². The van der Waals surface area contributed by atoms with Crippen LogP contribution in [0.4, 0.5) is 5.82 Å². The number of rotatable bonds is 4. The Balaban J connectivity index is 1.83. The number of thiazole rings is 1. The summed E-state index contributed by atoms with van der Waals surface area (Å²) in [5.41, 5.74) is 3.03. The minimum absolute atomic E-state index is 0.0778. The molecule has 0 radical (unpaired) electrons. The van der Waals surface area contributed by atoms with Crippen molar-refractivity contribution in [2.45, 2.75) is 26.8 Å². The van der Waals surface area contributed by atoms with Crippen LogP contribution in [-0.2, 0) is 0 Å². The Morgan fingerprint density at radius 3 is 2.57 bits per heavy atom. The SMILES string of the molecule is Cc1cc(NC(C)c2nc(-c3ccc(Cl)cc3)c(C)s2)ncn1. The molecule has 2 heterocycles. The average Bonchev–Trinajstić information content (AvgIpc) is 2.90. The molecule has 0 bridgehead atoms. The molecule has 0 spiro atoms. The van der Waals surface area contributed by atoms with Gasteiger partial charge in [-0.1, -0.05) is 23.7 Å². The predicted molar refractivity (Wildman–Crippen MR) is 96.1 cm³/mol. The largest absolute Gasteiger partial charge is 0.361 e. The number of anilines is 1. The second kappa shape index (κ2) is 6.64. The number of nitrogens with zero attached hydrogens (tertiary/aromatic N) is 3. The summed E-state index contributed by atoms with van der Waals surface area (Å²) in [5.74, 6) is 0.811. The van der Waals surface area contributed by atoms with Crippen LogP contribution in [0, 0.1) is 13.8 Å². The predicted octanol–water partition coefficient (Wildman–Crippen LogP) is 5.04. The molecule has 0 saturated carbocycles. The monoisotopic (exact) mass is 344 g/mol. The highest BCUT2D eigenvalue weighted by Gasteiger charge is 2.15. The Morgan fingerprint density at radius 2 is 1.87 bits per heavy atom. The highest BCUT2D eigenvalue weighted by atomic mass is 35.5.